The second-order valence-electron chi connectivity index (χ2n) is 7.18. The monoisotopic (exact) mass is 391 g/mol. The number of amides is 1. The van der Waals surface area contributed by atoms with Crippen LogP contribution >= 0.6 is 12.2 Å². The van der Waals surface area contributed by atoms with E-state index in [1.807, 2.05) is 51.8 Å². The molecule has 142 valence electrons. The molecular weight excluding hydrogens is 370 g/mol. The van der Waals surface area contributed by atoms with Crippen molar-refractivity contribution in [1.82, 2.24) is 24.2 Å². The topological polar surface area (TPSA) is 56.6 Å². The molecule has 2 aromatic carbocycles. The SMILES string of the molecule is CCN1CCN(C(=O)c2ccc3c(c2)[nH]c(=S)n2c4ccccc4nc32)CC1. The van der Waals surface area contributed by atoms with Gasteiger partial charge in [-0.1, -0.05) is 19.1 Å². The van der Waals surface area contributed by atoms with Crippen molar-refractivity contribution in [3.8, 4) is 0 Å². The smallest absolute Gasteiger partial charge is 0.254 e. The first-order valence-electron chi connectivity index (χ1n) is 9.60. The molecule has 1 N–H and O–H groups in total. The van der Waals surface area contributed by atoms with Gasteiger partial charge in [-0.3, -0.25) is 9.20 Å². The highest BCUT2D eigenvalue weighted by Crippen LogP contribution is 2.24. The number of rotatable bonds is 2. The van der Waals surface area contributed by atoms with E-state index in [1.165, 1.54) is 0 Å². The van der Waals surface area contributed by atoms with E-state index in [-0.39, 0.29) is 5.91 Å². The minimum absolute atomic E-state index is 0.0744. The first kappa shape index (κ1) is 17.3. The summed E-state index contributed by atoms with van der Waals surface area (Å²) in [4.78, 5) is 25.3. The van der Waals surface area contributed by atoms with Gasteiger partial charge >= 0.3 is 0 Å². The number of likely N-dealkylation sites (N-methyl/N-ethyl adjacent to an activating group) is 1. The summed E-state index contributed by atoms with van der Waals surface area (Å²) in [7, 11) is 0. The van der Waals surface area contributed by atoms with Crippen LogP contribution in [0.1, 0.15) is 17.3 Å². The van der Waals surface area contributed by atoms with Crippen molar-refractivity contribution in [1.29, 1.82) is 0 Å². The molecule has 5 rings (SSSR count). The van der Waals surface area contributed by atoms with Crippen molar-refractivity contribution < 1.29 is 4.79 Å². The van der Waals surface area contributed by atoms with Crippen LogP contribution in [0.5, 0.6) is 0 Å². The van der Waals surface area contributed by atoms with E-state index < -0.39 is 0 Å². The fourth-order valence-electron chi connectivity index (χ4n) is 4.01. The number of imidazole rings is 1. The van der Waals surface area contributed by atoms with Crippen molar-refractivity contribution in [3.05, 3.63) is 52.8 Å². The van der Waals surface area contributed by atoms with Gasteiger partial charge in [0.25, 0.3) is 5.91 Å². The molecule has 0 spiro atoms. The van der Waals surface area contributed by atoms with Gasteiger partial charge in [-0.15, -0.1) is 0 Å². The van der Waals surface area contributed by atoms with Crippen molar-refractivity contribution in [3.63, 3.8) is 0 Å². The number of hydrogen-bond donors (Lipinski definition) is 1. The van der Waals surface area contributed by atoms with Gasteiger partial charge in [0.15, 0.2) is 4.77 Å². The molecule has 0 atom stereocenters. The minimum atomic E-state index is 0.0744. The largest absolute Gasteiger partial charge is 0.336 e. The third-order valence-corrected chi connectivity index (χ3v) is 5.90. The van der Waals surface area contributed by atoms with Crippen molar-refractivity contribution in [2.24, 2.45) is 0 Å². The van der Waals surface area contributed by atoms with Crippen LogP contribution in [-0.4, -0.2) is 62.8 Å². The van der Waals surface area contributed by atoms with E-state index in [1.54, 1.807) is 0 Å². The zero-order valence-corrected chi connectivity index (χ0v) is 16.5. The number of carbonyl (C=O) groups is 1. The molecule has 0 bridgehead atoms. The van der Waals surface area contributed by atoms with Crippen LogP contribution in [0.25, 0.3) is 27.6 Å². The Labute approximate surface area is 167 Å². The molecule has 0 unspecified atom stereocenters. The molecule has 1 saturated heterocycles. The Morgan fingerprint density at radius 1 is 1.14 bits per heavy atom. The van der Waals surface area contributed by atoms with Gasteiger partial charge in [-0.05, 0) is 49.1 Å². The van der Waals surface area contributed by atoms with Crippen LogP contribution in [0.2, 0.25) is 0 Å². The molecule has 0 aliphatic carbocycles. The lowest BCUT2D eigenvalue weighted by Gasteiger charge is -2.34. The van der Waals surface area contributed by atoms with E-state index in [2.05, 4.69) is 16.8 Å². The molecule has 1 aliphatic rings. The summed E-state index contributed by atoms with van der Waals surface area (Å²) in [5.41, 5.74) is 4.22. The molecule has 2 aromatic heterocycles. The third-order valence-electron chi connectivity index (χ3n) is 5.62. The van der Waals surface area contributed by atoms with Gasteiger partial charge in [0.1, 0.15) is 5.65 Å². The summed E-state index contributed by atoms with van der Waals surface area (Å²) in [6, 6.07) is 13.7. The van der Waals surface area contributed by atoms with Gasteiger partial charge in [0, 0.05) is 37.1 Å². The predicted octanol–water partition coefficient (Wildman–Crippen LogP) is 3.48. The molecule has 0 saturated carbocycles. The highest BCUT2D eigenvalue weighted by atomic mass is 32.1. The Balaban J connectivity index is 1.58. The van der Waals surface area contributed by atoms with Crippen LogP contribution < -0.4 is 0 Å². The number of hydrogen-bond acceptors (Lipinski definition) is 4. The van der Waals surface area contributed by atoms with Crippen molar-refractivity contribution in [2.45, 2.75) is 6.92 Å². The molecule has 3 heterocycles. The number of aromatic nitrogens is 3. The highest BCUT2D eigenvalue weighted by molar-refractivity contribution is 7.71. The molecule has 28 heavy (non-hydrogen) atoms. The average Bonchev–Trinajstić information content (AvgIpc) is 3.13. The summed E-state index contributed by atoms with van der Waals surface area (Å²) in [5, 5.41) is 0.956. The van der Waals surface area contributed by atoms with Crippen LogP contribution in [0.3, 0.4) is 0 Å². The predicted molar refractivity (Wildman–Crippen MR) is 113 cm³/mol. The lowest BCUT2D eigenvalue weighted by atomic mass is 10.1. The van der Waals surface area contributed by atoms with Gasteiger partial charge in [0.05, 0.1) is 16.6 Å². The van der Waals surface area contributed by atoms with Crippen LogP contribution in [-0.2, 0) is 0 Å². The molecule has 4 aromatic rings. The molecule has 6 nitrogen and oxygen atoms in total. The normalized spacial score (nSPS) is 15.7. The summed E-state index contributed by atoms with van der Waals surface area (Å²) < 4.78 is 2.54. The number of fused-ring (bicyclic) bond motifs is 5. The lowest BCUT2D eigenvalue weighted by molar-refractivity contribution is 0.0643. The Hall–Kier alpha value is -2.77. The van der Waals surface area contributed by atoms with Gasteiger partial charge in [-0.25, -0.2) is 4.98 Å². The number of nitrogens with zero attached hydrogens (tertiary/aromatic N) is 4. The average molecular weight is 392 g/mol. The standard InChI is InChI=1S/C21H21N5OS/c1-2-24-9-11-25(12-10-24)20(27)14-7-8-15-17(13-14)23-21(28)26-18-6-4-3-5-16(18)22-19(15)26/h3-8,13H,2,9-12H2,1H3,(H,23,28). The summed E-state index contributed by atoms with van der Waals surface area (Å²) in [6.07, 6.45) is 0. The van der Waals surface area contributed by atoms with E-state index in [4.69, 9.17) is 17.2 Å². The van der Waals surface area contributed by atoms with Crippen LogP contribution in [0, 0.1) is 4.77 Å². The Morgan fingerprint density at radius 2 is 1.93 bits per heavy atom. The Kier molecular flexibility index (Phi) is 4.14. The summed E-state index contributed by atoms with van der Waals surface area (Å²) in [5.74, 6) is 0.0744. The number of aromatic amines is 1. The number of nitrogens with one attached hydrogen (secondary N) is 1. The number of H-pyrrole nitrogens is 1. The fourth-order valence-corrected chi connectivity index (χ4v) is 4.30. The van der Waals surface area contributed by atoms with Gasteiger partial charge in [-0.2, -0.15) is 0 Å². The van der Waals surface area contributed by atoms with E-state index in [0.29, 0.717) is 10.3 Å². The minimum Gasteiger partial charge on any atom is -0.336 e. The molecule has 1 aliphatic heterocycles. The first-order valence-corrected chi connectivity index (χ1v) is 10.0. The summed E-state index contributed by atoms with van der Waals surface area (Å²) >= 11 is 5.59. The number of carbonyl (C=O) groups excluding carboxylic acids is 1. The Bertz CT molecular complexity index is 1270. The van der Waals surface area contributed by atoms with Crippen LogP contribution in [0.15, 0.2) is 42.5 Å². The third kappa shape index (κ3) is 2.70. The number of benzene rings is 2. The molecule has 1 amide bonds. The maximum atomic E-state index is 13.0. The summed E-state index contributed by atoms with van der Waals surface area (Å²) in [6.45, 7) is 6.59. The van der Waals surface area contributed by atoms with E-state index >= 15 is 0 Å². The van der Waals surface area contributed by atoms with Gasteiger partial charge < -0.3 is 14.8 Å². The zero-order valence-electron chi connectivity index (χ0n) is 15.7. The maximum absolute atomic E-state index is 13.0. The van der Waals surface area contributed by atoms with Crippen LogP contribution in [0.4, 0.5) is 0 Å². The lowest BCUT2D eigenvalue weighted by Crippen LogP contribution is -2.48. The maximum Gasteiger partial charge on any atom is 0.254 e. The number of para-hydroxylation sites is 2. The number of piperazine rings is 1. The molecular formula is C21H21N5OS. The molecule has 1 fully saturated rings. The second kappa shape index (κ2) is 6.68. The molecule has 7 heteroatoms. The van der Waals surface area contributed by atoms with E-state index in [9.17, 15) is 4.79 Å². The fraction of sp³-hybridized carbons (Fsp3) is 0.286. The molecule has 0 radical (unpaired) electrons. The second-order valence-corrected chi connectivity index (χ2v) is 7.56. The first-order chi connectivity index (χ1) is 13.7. The van der Waals surface area contributed by atoms with Crippen molar-refractivity contribution in [2.75, 3.05) is 32.7 Å². The highest BCUT2D eigenvalue weighted by Gasteiger charge is 2.22. The van der Waals surface area contributed by atoms with Crippen molar-refractivity contribution >= 4 is 45.7 Å². The Morgan fingerprint density at radius 3 is 2.71 bits per heavy atom. The quantitative estimate of drug-likeness (QED) is 0.532. The van der Waals surface area contributed by atoms with E-state index in [0.717, 1.165) is 60.3 Å². The zero-order chi connectivity index (χ0) is 19.3. The van der Waals surface area contributed by atoms with Gasteiger partial charge in [0.2, 0.25) is 0 Å².